The first-order valence-corrected chi connectivity index (χ1v) is 7.60. The SMILES string of the molecule is CCCC(O)CC(CCC)Oc1cc(C)ccc1OC. The van der Waals surface area contributed by atoms with E-state index in [1.807, 2.05) is 25.1 Å². The highest BCUT2D eigenvalue weighted by atomic mass is 16.5. The molecule has 0 amide bonds. The van der Waals surface area contributed by atoms with Crippen LogP contribution in [0.3, 0.4) is 0 Å². The topological polar surface area (TPSA) is 38.7 Å². The zero-order valence-electron chi connectivity index (χ0n) is 13.2. The molecule has 114 valence electrons. The minimum Gasteiger partial charge on any atom is -0.493 e. The molecule has 0 spiro atoms. The molecule has 0 aliphatic heterocycles. The van der Waals surface area contributed by atoms with Gasteiger partial charge in [-0.3, -0.25) is 0 Å². The van der Waals surface area contributed by atoms with Gasteiger partial charge in [-0.25, -0.2) is 0 Å². The van der Waals surface area contributed by atoms with Crippen molar-refractivity contribution in [2.24, 2.45) is 0 Å². The second kappa shape index (κ2) is 8.85. The van der Waals surface area contributed by atoms with Crippen molar-refractivity contribution in [2.45, 2.75) is 65.1 Å². The van der Waals surface area contributed by atoms with Crippen LogP contribution in [0.2, 0.25) is 0 Å². The lowest BCUT2D eigenvalue weighted by Gasteiger charge is -2.22. The molecule has 0 aromatic heterocycles. The maximum absolute atomic E-state index is 9.99. The van der Waals surface area contributed by atoms with Crippen LogP contribution in [0, 0.1) is 6.92 Å². The van der Waals surface area contributed by atoms with Crippen LogP contribution in [0.5, 0.6) is 11.5 Å². The Labute approximate surface area is 122 Å². The molecule has 0 saturated carbocycles. The lowest BCUT2D eigenvalue weighted by atomic mass is 10.0. The highest BCUT2D eigenvalue weighted by Crippen LogP contribution is 2.30. The molecule has 0 saturated heterocycles. The van der Waals surface area contributed by atoms with Crippen molar-refractivity contribution in [2.75, 3.05) is 7.11 Å². The van der Waals surface area contributed by atoms with Crippen LogP contribution in [0.15, 0.2) is 18.2 Å². The van der Waals surface area contributed by atoms with Crippen molar-refractivity contribution in [1.82, 2.24) is 0 Å². The Bertz CT molecular complexity index is 390. The molecule has 1 aromatic carbocycles. The van der Waals surface area contributed by atoms with E-state index in [9.17, 15) is 5.11 Å². The number of methoxy groups -OCH3 is 1. The van der Waals surface area contributed by atoms with Gasteiger partial charge >= 0.3 is 0 Å². The Morgan fingerprint density at radius 2 is 1.80 bits per heavy atom. The van der Waals surface area contributed by atoms with E-state index in [1.54, 1.807) is 7.11 Å². The molecule has 1 rings (SSSR count). The summed E-state index contributed by atoms with van der Waals surface area (Å²) >= 11 is 0. The van der Waals surface area contributed by atoms with Crippen molar-refractivity contribution in [3.05, 3.63) is 23.8 Å². The Balaban J connectivity index is 2.76. The maximum atomic E-state index is 9.99. The molecule has 0 bridgehead atoms. The smallest absolute Gasteiger partial charge is 0.161 e. The average Bonchev–Trinajstić information content (AvgIpc) is 2.39. The molecular formula is C17H28O3. The van der Waals surface area contributed by atoms with Crippen LogP contribution in [-0.2, 0) is 0 Å². The Hall–Kier alpha value is -1.22. The first-order valence-electron chi connectivity index (χ1n) is 7.60. The van der Waals surface area contributed by atoms with Gasteiger partial charge in [0.1, 0.15) is 6.10 Å². The van der Waals surface area contributed by atoms with Crippen LogP contribution < -0.4 is 9.47 Å². The highest BCUT2D eigenvalue weighted by Gasteiger charge is 2.17. The number of hydrogen-bond donors (Lipinski definition) is 1. The van der Waals surface area contributed by atoms with E-state index >= 15 is 0 Å². The monoisotopic (exact) mass is 280 g/mol. The van der Waals surface area contributed by atoms with Crippen molar-refractivity contribution in [1.29, 1.82) is 0 Å². The van der Waals surface area contributed by atoms with Gasteiger partial charge in [-0.1, -0.05) is 32.8 Å². The number of aryl methyl sites for hydroxylation is 1. The number of hydrogen-bond acceptors (Lipinski definition) is 3. The van der Waals surface area contributed by atoms with Crippen LogP contribution in [0.1, 0.15) is 51.5 Å². The van der Waals surface area contributed by atoms with E-state index in [-0.39, 0.29) is 12.2 Å². The number of benzene rings is 1. The zero-order chi connectivity index (χ0) is 15.0. The first kappa shape index (κ1) is 16.8. The average molecular weight is 280 g/mol. The van der Waals surface area contributed by atoms with Crippen molar-refractivity contribution < 1.29 is 14.6 Å². The summed E-state index contributed by atoms with van der Waals surface area (Å²) in [6.07, 6.45) is 4.24. The fourth-order valence-corrected chi connectivity index (χ4v) is 2.36. The molecule has 0 aliphatic carbocycles. The lowest BCUT2D eigenvalue weighted by molar-refractivity contribution is 0.0818. The minimum absolute atomic E-state index is 0.0391. The summed E-state index contributed by atoms with van der Waals surface area (Å²) in [4.78, 5) is 0. The summed E-state index contributed by atoms with van der Waals surface area (Å²) in [5.74, 6) is 1.52. The molecule has 3 nitrogen and oxygen atoms in total. The summed E-state index contributed by atoms with van der Waals surface area (Å²) in [5.41, 5.74) is 1.14. The molecule has 20 heavy (non-hydrogen) atoms. The second-order valence-corrected chi connectivity index (χ2v) is 5.36. The van der Waals surface area contributed by atoms with Crippen LogP contribution in [0.25, 0.3) is 0 Å². The third-order valence-corrected chi connectivity index (χ3v) is 3.38. The molecule has 0 fully saturated rings. The van der Waals surface area contributed by atoms with E-state index in [4.69, 9.17) is 9.47 Å². The summed E-state index contributed by atoms with van der Waals surface area (Å²) in [6, 6.07) is 5.93. The van der Waals surface area contributed by atoms with Gasteiger partial charge in [0.2, 0.25) is 0 Å². The van der Waals surface area contributed by atoms with Crippen LogP contribution >= 0.6 is 0 Å². The lowest BCUT2D eigenvalue weighted by Crippen LogP contribution is -2.23. The number of ether oxygens (including phenoxy) is 2. The Morgan fingerprint density at radius 1 is 1.10 bits per heavy atom. The first-order chi connectivity index (χ1) is 9.60. The van der Waals surface area contributed by atoms with Gasteiger partial charge in [0.15, 0.2) is 11.5 Å². The van der Waals surface area contributed by atoms with Gasteiger partial charge in [-0.15, -0.1) is 0 Å². The van der Waals surface area contributed by atoms with Gasteiger partial charge in [-0.05, 0) is 37.5 Å². The minimum atomic E-state index is -0.285. The van der Waals surface area contributed by atoms with Gasteiger partial charge in [0.05, 0.1) is 13.2 Å². The van der Waals surface area contributed by atoms with Crippen LogP contribution in [-0.4, -0.2) is 24.4 Å². The Kier molecular flexibility index (Phi) is 7.45. The van der Waals surface area contributed by atoms with Crippen molar-refractivity contribution in [3.8, 4) is 11.5 Å². The normalized spacial score (nSPS) is 13.8. The predicted octanol–water partition coefficient (Wildman–Crippen LogP) is 4.10. The third-order valence-electron chi connectivity index (χ3n) is 3.38. The fourth-order valence-electron chi connectivity index (χ4n) is 2.36. The predicted molar refractivity (Wildman–Crippen MR) is 82.6 cm³/mol. The Morgan fingerprint density at radius 3 is 2.40 bits per heavy atom. The molecule has 0 aliphatic rings. The van der Waals surface area contributed by atoms with Gasteiger partial charge in [0, 0.05) is 6.42 Å². The summed E-state index contributed by atoms with van der Waals surface area (Å²) in [5, 5.41) is 9.99. The van der Waals surface area contributed by atoms with E-state index in [0.717, 1.165) is 42.7 Å². The number of aliphatic hydroxyl groups excluding tert-OH is 1. The van der Waals surface area contributed by atoms with Crippen molar-refractivity contribution >= 4 is 0 Å². The zero-order valence-corrected chi connectivity index (χ0v) is 13.2. The molecule has 2 atom stereocenters. The summed E-state index contributed by atoms with van der Waals surface area (Å²) in [6.45, 7) is 6.26. The standard InChI is InChI=1S/C17H28O3/c1-5-7-14(18)12-15(8-6-2)20-17-11-13(3)9-10-16(17)19-4/h9-11,14-15,18H,5-8,12H2,1-4H3. The maximum Gasteiger partial charge on any atom is 0.161 e. The van der Waals surface area contributed by atoms with E-state index in [0.29, 0.717) is 6.42 Å². The van der Waals surface area contributed by atoms with Crippen LogP contribution in [0.4, 0.5) is 0 Å². The molecule has 0 radical (unpaired) electrons. The summed E-state index contributed by atoms with van der Waals surface area (Å²) in [7, 11) is 1.65. The third kappa shape index (κ3) is 5.41. The molecule has 1 aromatic rings. The second-order valence-electron chi connectivity index (χ2n) is 5.36. The fraction of sp³-hybridized carbons (Fsp3) is 0.647. The largest absolute Gasteiger partial charge is 0.493 e. The highest BCUT2D eigenvalue weighted by molar-refractivity contribution is 5.42. The summed E-state index contributed by atoms with van der Waals surface area (Å²) < 4.78 is 11.4. The molecule has 3 heteroatoms. The number of rotatable bonds is 9. The molecule has 0 heterocycles. The molecule has 2 unspecified atom stereocenters. The van der Waals surface area contributed by atoms with Gasteiger partial charge in [-0.2, -0.15) is 0 Å². The molecular weight excluding hydrogens is 252 g/mol. The molecule has 1 N–H and O–H groups in total. The number of aliphatic hydroxyl groups is 1. The van der Waals surface area contributed by atoms with E-state index in [2.05, 4.69) is 13.8 Å². The van der Waals surface area contributed by atoms with Crippen molar-refractivity contribution in [3.63, 3.8) is 0 Å². The van der Waals surface area contributed by atoms with Gasteiger partial charge in [0.25, 0.3) is 0 Å². The van der Waals surface area contributed by atoms with E-state index in [1.165, 1.54) is 0 Å². The van der Waals surface area contributed by atoms with Gasteiger partial charge < -0.3 is 14.6 Å². The quantitative estimate of drug-likeness (QED) is 0.740. The van der Waals surface area contributed by atoms with E-state index < -0.39 is 0 Å².